The van der Waals surface area contributed by atoms with Gasteiger partial charge in [0, 0.05) is 18.2 Å². The van der Waals surface area contributed by atoms with E-state index in [0.29, 0.717) is 31.0 Å². The molecule has 0 bridgehead atoms. The number of aryl methyl sites for hydroxylation is 1. The summed E-state index contributed by atoms with van der Waals surface area (Å²) in [6.45, 7) is 1.73. The van der Waals surface area contributed by atoms with Gasteiger partial charge < -0.3 is 4.74 Å². The lowest BCUT2D eigenvalue weighted by Crippen LogP contribution is -1.96. The lowest BCUT2D eigenvalue weighted by atomic mass is 10.3. The van der Waals surface area contributed by atoms with Gasteiger partial charge in [0.1, 0.15) is 10.4 Å². The summed E-state index contributed by atoms with van der Waals surface area (Å²) in [7, 11) is 0. The molecule has 104 valence electrons. The number of rotatable bonds is 3. The first kappa shape index (κ1) is 15.3. The second-order valence-corrected chi connectivity index (χ2v) is 6.19. The van der Waals surface area contributed by atoms with Crippen molar-refractivity contribution in [2.24, 2.45) is 0 Å². The average Bonchev–Trinajstić information content (AvgIpc) is 2.32. The number of nitrogens with zero attached hydrogens (tertiary/aromatic N) is 3. The van der Waals surface area contributed by atoms with Gasteiger partial charge in [0.2, 0.25) is 5.88 Å². The minimum Gasteiger partial charge on any atom is -0.436 e. The van der Waals surface area contributed by atoms with E-state index >= 15 is 0 Å². The maximum Gasteiger partial charge on any atom is 0.271 e. The summed E-state index contributed by atoms with van der Waals surface area (Å²) in [5.74, 6) is 1.28. The number of nitro groups is 1. The van der Waals surface area contributed by atoms with E-state index in [1.807, 2.05) is 0 Å². The third-order valence-electron chi connectivity index (χ3n) is 2.18. The second kappa shape index (κ2) is 6.15. The van der Waals surface area contributed by atoms with E-state index in [1.165, 1.54) is 12.1 Å². The van der Waals surface area contributed by atoms with Crippen LogP contribution in [0.2, 0.25) is 0 Å². The normalized spacial score (nSPS) is 10.4. The van der Waals surface area contributed by atoms with E-state index in [9.17, 15) is 10.1 Å². The van der Waals surface area contributed by atoms with Crippen LogP contribution in [-0.2, 0) is 0 Å². The Hall–Kier alpha value is -1.06. The SMILES string of the molecule is Cc1nc(Br)cc(Oc2c(Br)cc([N+](=O)[O-])cc2Br)n1. The highest BCUT2D eigenvalue weighted by Gasteiger charge is 2.16. The lowest BCUT2D eigenvalue weighted by Gasteiger charge is -2.09. The monoisotopic (exact) mass is 465 g/mol. The Kier molecular flexibility index (Phi) is 4.71. The zero-order valence-electron chi connectivity index (χ0n) is 9.93. The fourth-order valence-corrected chi connectivity index (χ4v) is 3.19. The van der Waals surface area contributed by atoms with Crippen molar-refractivity contribution in [3.05, 3.63) is 47.7 Å². The van der Waals surface area contributed by atoms with Crippen LogP contribution in [0.3, 0.4) is 0 Å². The number of halogens is 3. The van der Waals surface area contributed by atoms with Crippen LogP contribution < -0.4 is 4.74 Å². The van der Waals surface area contributed by atoms with Gasteiger partial charge in [-0.15, -0.1) is 0 Å². The summed E-state index contributed by atoms with van der Waals surface area (Å²) in [6, 6.07) is 4.33. The molecule has 0 saturated carbocycles. The van der Waals surface area contributed by atoms with Crippen LogP contribution in [0.5, 0.6) is 11.6 Å². The highest BCUT2D eigenvalue weighted by Crippen LogP contribution is 2.39. The zero-order valence-corrected chi connectivity index (χ0v) is 14.7. The van der Waals surface area contributed by atoms with Crippen molar-refractivity contribution in [1.29, 1.82) is 0 Å². The molecule has 20 heavy (non-hydrogen) atoms. The van der Waals surface area contributed by atoms with Gasteiger partial charge in [0.25, 0.3) is 5.69 Å². The quantitative estimate of drug-likeness (QED) is 0.369. The molecule has 6 nitrogen and oxygen atoms in total. The Morgan fingerprint density at radius 2 is 1.75 bits per heavy atom. The molecule has 1 heterocycles. The first-order valence-electron chi connectivity index (χ1n) is 5.19. The molecule has 0 amide bonds. The van der Waals surface area contributed by atoms with Gasteiger partial charge >= 0.3 is 0 Å². The van der Waals surface area contributed by atoms with Crippen molar-refractivity contribution >= 4 is 53.5 Å². The lowest BCUT2D eigenvalue weighted by molar-refractivity contribution is -0.385. The second-order valence-electron chi connectivity index (χ2n) is 3.67. The predicted octanol–water partition coefficient (Wildman–Crippen LogP) is 4.77. The molecule has 9 heteroatoms. The highest BCUT2D eigenvalue weighted by atomic mass is 79.9. The molecule has 0 N–H and O–H groups in total. The Bertz CT molecular complexity index is 651. The molecular weight excluding hydrogens is 462 g/mol. The largest absolute Gasteiger partial charge is 0.436 e. The molecule has 0 atom stereocenters. The molecule has 0 spiro atoms. The van der Waals surface area contributed by atoms with E-state index in [1.54, 1.807) is 13.0 Å². The fraction of sp³-hybridized carbons (Fsp3) is 0.0909. The summed E-state index contributed by atoms with van der Waals surface area (Å²) in [5, 5.41) is 10.8. The molecule has 2 aromatic rings. The van der Waals surface area contributed by atoms with Crippen molar-refractivity contribution in [2.45, 2.75) is 6.92 Å². The number of hydrogen-bond acceptors (Lipinski definition) is 5. The van der Waals surface area contributed by atoms with Crippen molar-refractivity contribution in [3.8, 4) is 11.6 Å². The number of nitro benzene ring substituents is 1. The number of benzene rings is 1. The third-order valence-corrected chi connectivity index (χ3v) is 3.77. The van der Waals surface area contributed by atoms with E-state index in [2.05, 4.69) is 57.8 Å². The van der Waals surface area contributed by atoms with Crippen LogP contribution in [0.25, 0.3) is 0 Å². The van der Waals surface area contributed by atoms with E-state index in [0.717, 1.165) is 0 Å². The number of non-ortho nitro benzene ring substituents is 1. The summed E-state index contributed by atoms with van der Waals surface area (Å²) in [6.07, 6.45) is 0. The highest BCUT2D eigenvalue weighted by molar-refractivity contribution is 9.11. The Morgan fingerprint density at radius 3 is 2.25 bits per heavy atom. The molecule has 0 aliphatic carbocycles. The van der Waals surface area contributed by atoms with E-state index < -0.39 is 4.92 Å². The van der Waals surface area contributed by atoms with E-state index in [-0.39, 0.29) is 5.69 Å². The first-order valence-corrected chi connectivity index (χ1v) is 7.57. The molecule has 1 aromatic heterocycles. The standard InChI is InChI=1S/C11H6Br3N3O3/c1-5-15-9(14)4-10(16-5)20-11-7(12)2-6(17(18)19)3-8(11)13/h2-4H,1H3. The van der Waals surface area contributed by atoms with Crippen LogP contribution in [0.4, 0.5) is 5.69 Å². The molecule has 0 fully saturated rings. The van der Waals surface area contributed by atoms with Gasteiger partial charge in [0.05, 0.1) is 13.9 Å². The zero-order chi connectivity index (χ0) is 14.9. The van der Waals surface area contributed by atoms with Crippen LogP contribution in [0.15, 0.2) is 31.7 Å². The van der Waals surface area contributed by atoms with Gasteiger partial charge in [-0.25, -0.2) is 4.98 Å². The molecule has 0 saturated heterocycles. The number of ether oxygens (including phenoxy) is 1. The van der Waals surface area contributed by atoms with Crippen molar-refractivity contribution in [3.63, 3.8) is 0 Å². The Balaban J connectivity index is 2.41. The van der Waals surface area contributed by atoms with Gasteiger partial charge in [-0.3, -0.25) is 10.1 Å². The maximum absolute atomic E-state index is 10.8. The summed E-state index contributed by atoms with van der Waals surface area (Å²) >= 11 is 9.74. The molecule has 1 aromatic carbocycles. The van der Waals surface area contributed by atoms with Gasteiger partial charge in [-0.1, -0.05) is 0 Å². The Labute approximate surface area is 139 Å². The topological polar surface area (TPSA) is 78.2 Å². The number of aromatic nitrogens is 2. The third kappa shape index (κ3) is 3.53. The van der Waals surface area contributed by atoms with E-state index in [4.69, 9.17) is 4.74 Å². The van der Waals surface area contributed by atoms with Crippen LogP contribution in [0, 0.1) is 17.0 Å². The minimum atomic E-state index is -0.481. The molecular formula is C11H6Br3N3O3. The van der Waals surface area contributed by atoms with Gasteiger partial charge in [-0.2, -0.15) is 4.98 Å². The Morgan fingerprint density at radius 1 is 1.15 bits per heavy atom. The minimum absolute atomic E-state index is 0.0452. The molecule has 0 radical (unpaired) electrons. The van der Waals surface area contributed by atoms with Crippen molar-refractivity contribution in [2.75, 3.05) is 0 Å². The summed E-state index contributed by atoms with van der Waals surface area (Å²) in [5.41, 5.74) is -0.0452. The smallest absolute Gasteiger partial charge is 0.271 e. The van der Waals surface area contributed by atoms with Gasteiger partial charge in [0.15, 0.2) is 5.75 Å². The summed E-state index contributed by atoms with van der Waals surface area (Å²) < 4.78 is 7.13. The molecule has 0 aliphatic rings. The molecule has 2 rings (SSSR count). The molecule has 0 aliphatic heterocycles. The van der Waals surface area contributed by atoms with Gasteiger partial charge in [-0.05, 0) is 54.7 Å². The number of hydrogen-bond donors (Lipinski definition) is 0. The van der Waals surface area contributed by atoms with Crippen LogP contribution >= 0.6 is 47.8 Å². The maximum atomic E-state index is 10.8. The summed E-state index contributed by atoms with van der Waals surface area (Å²) in [4.78, 5) is 18.5. The van der Waals surface area contributed by atoms with Crippen LogP contribution in [-0.4, -0.2) is 14.9 Å². The van der Waals surface area contributed by atoms with Crippen molar-refractivity contribution < 1.29 is 9.66 Å². The average molecular weight is 468 g/mol. The fourth-order valence-electron chi connectivity index (χ4n) is 1.41. The van der Waals surface area contributed by atoms with Crippen molar-refractivity contribution in [1.82, 2.24) is 9.97 Å². The van der Waals surface area contributed by atoms with Crippen LogP contribution in [0.1, 0.15) is 5.82 Å². The first-order chi connectivity index (χ1) is 9.36. The molecule has 0 unspecified atom stereocenters. The predicted molar refractivity (Wildman–Crippen MR) is 83.0 cm³/mol.